The number of hydrogen-bond donors (Lipinski definition) is 1. The molecule has 1 aromatic heterocycles. The second kappa shape index (κ2) is 3.93. The Morgan fingerprint density at radius 2 is 2.27 bits per heavy atom. The second-order valence-electron chi connectivity index (χ2n) is 4.45. The van der Waals surface area contributed by atoms with Crippen molar-refractivity contribution in [1.29, 1.82) is 5.41 Å². The van der Waals surface area contributed by atoms with Gasteiger partial charge in [0.25, 0.3) is 0 Å². The molecule has 0 unspecified atom stereocenters. The van der Waals surface area contributed by atoms with E-state index in [0.717, 1.165) is 30.2 Å². The predicted octanol–water partition coefficient (Wildman–Crippen LogP) is 2.84. The fraction of sp³-hybridized carbons (Fsp3) is 0.636. The summed E-state index contributed by atoms with van der Waals surface area (Å²) in [5.41, 5.74) is -0.119. The van der Waals surface area contributed by atoms with E-state index >= 15 is 0 Å². The molecule has 1 aromatic rings. The van der Waals surface area contributed by atoms with E-state index in [1.165, 1.54) is 6.42 Å². The van der Waals surface area contributed by atoms with Gasteiger partial charge >= 0.3 is 0 Å². The number of nitrogens with zero attached hydrogens (tertiary/aromatic N) is 2. The molecule has 2 rings (SSSR count). The summed E-state index contributed by atoms with van der Waals surface area (Å²) in [5, 5.41) is 11.1. The second-order valence-corrected chi connectivity index (χ2v) is 5.35. The molecule has 4 heteroatoms. The van der Waals surface area contributed by atoms with Crippen molar-refractivity contribution in [3.63, 3.8) is 0 Å². The van der Waals surface area contributed by atoms with Gasteiger partial charge in [-0.05, 0) is 26.7 Å². The zero-order valence-corrected chi connectivity index (χ0v) is 10.1. The highest BCUT2D eigenvalue weighted by atomic mass is 32.1. The summed E-state index contributed by atoms with van der Waals surface area (Å²) in [7, 11) is 0. The third kappa shape index (κ3) is 1.91. The lowest BCUT2D eigenvalue weighted by molar-refractivity contribution is 0.194. The van der Waals surface area contributed by atoms with Gasteiger partial charge in [0.05, 0.1) is 11.4 Å². The summed E-state index contributed by atoms with van der Waals surface area (Å²) in [4.78, 5) is 6.57. The SMILES string of the molecule is CC(C)(c1nccs1)N1CCCCC1=N. The first kappa shape index (κ1) is 10.6. The first-order valence-electron chi connectivity index (χ1n) is 5.37. The standard InChI is InChI=1S/C11H17N3S/c1-11(2,10-13-6-8-15-10)14-7-4-3-5-9(14)12/h6,8,12H,3-5,7H2,1-2H3. The van der Waals surface area contributed by atoms with Crippen LogP contribution >= 0.6 is 11.3 Å². The number of aromatic nitrogens is 1. The van der Waals surface area contributed by atoms with Gasteiger partial charge in [-0.1, -0.05) is 0 Å². The maximum absolute atomic E-state index is 8.01. The molecule has 1 fully saturated rings. The summed E-state index contributed by atoms with van der Waals surface area (Å²) >= 11 is 1.68. The van der Waals surface area contributed by atoms with Crippen molar-refractivity contribution >= 4 is 17.2 Å². The molecule has 1 saturated heterocycles. The molecule has 3 nitrogen and oxygen atoms in total. The van der Waals surface area contributed by atoms with E-state index in [-0.39, 0.29) is 5.54 Å². The van der Waals surface area contributed by atoms with E-state index in [1.54, 1.807) is 11.3 Å². The van der Waals surface area contributed by atoms with Crippen LogP contribution in [-0.4, -0.2) is 22.3 Å². The van der Waals surface area contributed by atoms with E-state index in [9.17, 15) is 0 Å². The fourth-order valence-electron chi connectivity index (χ4n) is 2.09. The normalized spacial score (nSPS) is 18.3. The van der Waals surface area contributed by atoms with Crippen LogP contribution in [0, 0.1) is 5.41 Å². The van der Waals surface area contributed by atoms with Crippen LogP contribution in [-0.2, 0) is 5.54 Å². The van der Waals surface area contributed by atoms with Crippen molar-refractivity contribution < 1.29 is 0 Å². The Balaban J connectivity index is 2.24. The topological polar surface area (TPSA) is 40.0 Å². The van der Waals surface area contributed by atoms with E-state index in [0.29, 0.717) is 0 Å². The molecule has 0 saturated carbocycles. The largest absolute Gasteiger partial charge is 0.349 e. The molecule has 0 atom stereocenters. The number of rotatable bonds is 2. The quantitative estimate of drug-likeness (QED) is 0.837. The molecule has 15 heavy (non-hydrogen) atoms. The Bertz CT molecular complexity index is 343. The number of hydrogen-bond acceptors (Lipinski definition) is 3. The number of nitrogens with one attached hydrogen (secondary N) is 1. The highest BCUT2D eigenvalue weighted by molar-refractivity contribution is 7.09. The van der Waals surface area contributed by atoms with Crippen LogP contribution in [0.25, 0.3) is 0 Å². The Labute approximate surface area is 94.7 Å². The van der Waals surface area contributed by atoms with Crippen LogP contribution in [0.15, 0.2) is 11.6 Å². The minimum absolute atomic E-state index is 0.119. The van der Waals surface area contributed by atoms with Crippen molar-refractivity contribution in [2.45, 2.75) is 38.6 Å². The van der Waals surface area contributed by atoms with Gasteiger partial charge in [-0.3, -0.25) is 5.41 Å². The third-order valence-electron chi connectivity index (χ3n) is 3.00. The molecule has 82 valence electrons. The van der Waals surface area contributed by atoms with Crippen LogP contribution in [0.5, 0.6) is 0 Å². The van der Waals surface area contributed by atoms with Crippen LogP contribution in [0.2, 0.25) is 0 Å². The lowest BCUT2D eigenvalue weighted by Crippen LogP contribution is -2.47. The van der Waals surface area contributed by atoms with E-state index < -0.39 is 0 Å². The average molecular weight is 223 g/mol. The van der Waals surface area contributed by atoms with Gasteiger partial charge < -0.3 is 4.90 Å². The van der Waals surface area contributed by atoms with Crippen LogP contribution in [0.4, 0.5) is 0 Å². The Morgan fingerprint density at radius 3 is 2.87 bits per heavy atom. The molecule has 1 aliphatic heterocycles. The summed E-state index contributed by atoms with van der Waals surface area (Å²) < 4.78 is 0. The average Bonchev–Trinajstić information content (AvgIpc) is 2.71. The third-order valence-corrected chi connectivity index (χ3v) is 4.09. The van der Waals surface area contributed by atoms with Gasteiger partial charge in [-0.15, -0.1) is 11.3 Å². The summed E-state index contributed by atoms with van der Waals surface area (Å²) in [5.74, 6) is 0.765. The molecule has 0 radical (unpaired) electrons. The number of amidine groups is 1. The zero-order valence-electron chi connectivity index (χ0n) is 9.29. The van der Waals surface area contributed by atoms with Gasteiger partial charge in [0.1, 0.15) is 5.01 Å². The van der Waals surface area contributed by atoms with Crippen molar-refractivity contribution in [2.75, 3.05) is 6.54 Å². The highest BCUT2D eigenvalue weighted by Crippen LogP contribution is 2.32. The van der Waals surface area contributed by atoms with Crippen molar-refractivity contribution in [3.8, 4) is 0 Å². The van der Waals surface area contributed by atoms with E-state index in [2.05, 4.69) is 23.7 Å². The molecule has 0 bridgehead atoms. The Morgan fingerprint density at radius 1 is 1.47 bits per heavy atom. The van der Waals surface area contributed by atoms with Crippen LogP contribution in [0.1, 0.15) is 38.1 Å². The van der Waals surface area contributed by atoms with Crippen LogP contribution < -0.4 is 0 Å². The molecule has 1 aliphatic rings. The monoisotopic (exact) mass is 223 g/mol. The Kier molecular flexibility index (Phi) is 2.78. The summed E-state index contributed by atoms with van der Waals surface area (Å²) in [6.07, 6.45) is 5.10. The van der Waals surface area contributed by atoms with Crippen molar-refractivity contribution in [3.05, 3.63) is 16.6 Å². The number of thiazole rings is 1. The zero-order chi connectivity index (χ0) is 10.9. The van der Waals surface area contributed by atoms with Crippen molar-refractivity contribution in [1.82, 2.24) is 9.88 Å². The first-order valence-corrected chi connectivity index (χ1v) is 6.25. The van der Waals surface area contributed by atoms with Crippen LogP contribution in [0.3, 0.4) is 0 Å². The molecule has 1 N–H and O–H groups in total. The molecular weight excluding hydrogens is 206 g/mol. The lowest BCUT2D eigenvalue weighted by Gasteiger charge is -2.41. The maximum Gasteiger partial charge on any atom is 0.118 e. The Hall–Kier alpha value is -0.900. The molecular formula is C11H17N3S. The van der Waals surface area contributed by atoms with Gasteiger partial charge in [-0.25, -0.2) is 4.98 Å². The van der Waals surface area contributed by atoms with Gasteiger partial charge in [0, 0.05) is 24.5 Å². The summed E-state index contributed by atoms with van der Waals surface area (Å²) in [6.45, 7) is 5.31. The highest BCUT2D eigenvalue weighted by Gasteiger charge is 2.33. The molecule has 2 heterocycles. The van der Waals surface area contributed by atoms with E-state index in [1.807, 2.05) is 11.6 Å². The first-order chi connectivity index (χ1) is 7.12. The van der Waals surface area contributed by atoms with E-state index in [4.69, 9.17) is 5.41 Å². The molecule has 0 aliphatic carbocycles. The minimum Gasteiger partial charge on any atom is -0.349 e. The van der Waals surface area contributed by atoms with Gasteiger partial charge in [0.15, 0.2) is 0 Å². The summed E-state index contributed by atoms with van der Waals surface area (Å²) in [6, 6.07) is 0. The van der Waals surface area contributed by atoms with Crippen molar-refractivity contribution in [2.24, 2.45) is 0 Å². The molecule has 0 amide bonds. The fourth-order valence-corrected chi connectivity index (χ4v) is 2.86. The molecule has 0 aromatic carbocycles. The lowest BCUT2D eigenvalue weighted by atomic mass is 9.98. The minimum atomic E-state index is -0.119. The number of piperidine rings is 1. The smallest absolute Gasteiger partial charge is 0.118 e. The predicted molar refractivity (Wildman–Crippen MR) is 63.4 cm³/mol. The maximum atomic E-state index is 8.01. The van der Waals surface area contributed by atoms with Gasteiger partial charge in [0.2, 0.25) is 0 Å². The molecule has 0 spiro atoms. The van der Waals surface area contributed by atoms with Gasteiger partial charge in [-0.2, -0.15) is 0 Å². The number of likely N-dealkylation sites (tertiary alicyclic amines) is 1.